The molecule has 1 fully saturated rings. The van der Waals surface area contributed by atoms with E-state index in [9.17, 15) is 18.0 Å². The smallest absolute Gasteiger partial charge is 0.342 e. The number of halogens is 3. The van der Waals surface area contributed by atoms with E-state index in [-0.39, 0.29) is 0 Å². The zero-order valence-electron chi connectivity index (χ0n) is 8.97. The third-order valence-electron chi connectivity index (χ3n) is 3.04. The molecule has 2 atom stereocenters. The maximum atomic E-state index is 12.3. The Morgan fingerprint density at radius 2 is 2.13 bits per heavy atom. The van der Waals surface area contributed by atoms with Gasteiger partial charge in [-0.2, -0.15) is 13.2 Å². The van der Waals surface area contributed by atoms with Crippen LogP contribution in [0.2, 0.25) is 0 Å². The number of hydrogen-bond acceptors (Lipinski definition) is 1. The quantitative estimate of drug-likeness (QED) is 0.704. The van der Waals surface area contributed by atoms with Crippen LogP contribution in [-0.2, 0) is 4.79 Å². The Kier molecular flexibility index (Phi) is 3.62. The highest BCUT2D eigenvalue weighted by molar-refractivity contribution is 5.79. The molecule has 1 amide bonds. The van der Waals surface area contributed by atoms with E-state index in [2.05, 4.69) is 0 Å². The van der Waals surface area contributed by atoms with Crippen molar-refractivity contribution in [3.63, 3.8) is 0 Å². The molecule has 0 aromatic rings. The van der Waals surface area contributed by atoms with Gasteiger partial charge in [0.25, 0.3) is 0 Å². The Hall–Kier alpha value is -0.740. The molecule has 1 saturated heterocycles. The number of carbonyl (C=O) groups excluding carboxylic acids is 1. The van der Waals surface area contributed by atoms with Crippen molar-refractivity contribution in [3.8, 4) is 0 Å². The van der Waals surface area contributed by atoms with Crippen LogP contribution in [-0.4, -0.2) is 30.1 Å². The fraction of sp³-hybridized carbons (Fsp3) is 0.900. The van der Waals surface area contributed by atoms with E-state index in [1.807, 2.05) is 6.92 Å². The van der Waals surface area contributed by atoms with Crippen LogP contribution in [0.15, 0.2) is 0 Å². The molecule has 1 rings (SSSR count). The first-order chi connectivity index (χ1) is 6.86. The Morgan fingerprint density at radius 1 is 1.53 bits per heavy atom. The largest absolute Gasteiger partial charge is 0.400 e. The van der Waals surface area contributed by atoms with Gasteiger partial charge in [-0.05, 0) is 19.3 Å². The molecule has 0 radical (unpaired) electrons. The van der Waals surface area contributed by atoms with Gasteiger partial charge in [0.15, 0.2) is 0 Å². The third kappa shape index (κ3) is 2.86. The minimum Gasteiger partial charge on any atom is -0.342 e. The molecular formula is C10H16F3NO. The zero-order chi connectivity index (χ0) is 11.6. The highest BCUT2D eigenvalue weighted by Gasteiger charge is 2.43. The number of alkyl halides is 3. The van der Waals surface area contributed by atoms with Gasteiger partial charge in [-0.15, -0.1) is 0 Å². The molecule has 0 aliphatic carbocycles. The van der Waals surface area contributed by atoms with Gasteiger partial charge in [0, 0.05) is 13.1 Å². The molecule has 0 bridgehead atoms. The third-order valence-corrected chi connectivity index (χ3v) is 3.04. The first kappa shape index (κ1) is 12.3. The van der Waals surface area contributed by atoms with Crippen LogP contribution in [0, 0.1) is 11.8 Å². The van der Waals surface area contributed by atoms with Crippen LogP contribution in [0.1, 0.15) is 26.7 Å². The molecule has 15 heavy (non-hydrogen) atoms. The molecule has 2 nitrogen and oxygen atoms in total. The lowest BCUT2D eigenvalue weighted by atomic mass is 10.1. The summed E-state index contributed by atoms with van der Waals surface area (Å²) in [5.41, 5.74) is 0. The minimum atomic E-state index is -4.42. The lowest BCUT2D eigenvalue weighted by Crippen LogP contribution is -2.39. The van der Waals surface area contributed by atoms with Gasteiger partial charge in [-0.1, -0.05) is 13.3 Å². The summed E-state index contributed by atoms with van der Waals surface area (Å²) in [7, 11) is 0. The van der Waals surface area contributed by atoms with Crippen LogP contribution in [0.5, 0.6) is 0 Å². The highest BCUT2D eigenvalue weighted by atomic mass is 19.4. The molecule has 0 saturated carbocycles. The van der Waals surface area contributed by atoms with Crippen LogP contribution >= 0.6 is 0 Å². The molecule has 0 aromatic heterocycles. The van der Waals surface area contributed by atoms with Crippen molar-refractivity contribution in [2.75, 3.05) is 13.1 Å². The van der Waals surface area contributed by atoms with Gasteiger partial charge in [0.05, 0.1) is 0 Å². The van der Waals surface area contributed by atoms with Gasteiger partial charge in [0.1, 0.15) is 5.92 Å². The molecule has 0 unspecified atom stereocenters. The van der Waals surface area contributed by atoms with Crippen molar-refractivity contribution in [3.05, 3.63) is 0 Å². The first-order valence-corrected chi connectivity index (χ1v) is 5.21. The van der Waals surface area contributed by atoms with E-state index in [1.165, 1.54) is 4.90 Å². The van der Waals surface area contributed by atoms with E-state index < -0.39 is 18.0 Å². The fourth-order valence-electron chi connectivity index (χ4n) is 1.78. The number of likely N-dealkylation sites (tertiary alicyclic amines) is 1. The van der Waals surface area contributed by atoms with Crippen molar-refractivity contribution >= 4 is 5.91 Å². The Balaban J connectivity index is 2.55. The molecule has 0 spiro atoms. The van der Waals surface area contributed by atoms with Gasteiger partial charge in [0.2, 0.25) is 5.91 Å². The molecule has 0 aromatic carbocycles. The summed E-state index contributed by atoms with van der Waals surface area (Å²) >= 11 is 0. The summed E-state index contributed by atoms with van der Waals surface area (Å²) in [6, 6.07) is 0. The standard InChI is InChI=1S/C10H16F3NO/c1-3-8-4-5-14(6-8)9(15)7(2)10(11,12)13/h7-8H,3-6H2,1-2H3/t7-,8-/m1/s1. The predicted molar refractivity (Wildman–Crippen MR) is 50.2 cm³/mol. The first-order valence-electron chi connectivity index (χ1n) is 5.21. The lowest BCUT2D eigenvalue weighted by molar-refractivity contribution is -0.184. The summed E-state index contributed by atoms with van der Waals surface area (Å²) < 4.78 is 36.9. The number of hydrogen-bond donors (Lipinski definition) is 0. The average molecular weight is 223 g/mol. The monoisotopic (exact) mass is 223 g/mol. The maximum Gasteiger partial charge on any atom is 0.400 e. The van der Waals surface area contributed by atoms with E-state index in [0.717, 1.165) is 19.8 Å². The maximum absolute atomic E-state index is 12.3. The number of nitrogens with zero attached hydrogens (tertiary/aromatic N) is 1. The van der Waals surface area contributed by atoms with Gasteiger partial charge in [-0.25, -0.2) is 0 Å². The summed E-state index contributed by atoms with van der Waals surface area (Å²) in [6.07, 6.45) is -2.67. The molecular weight excluding hydrogens is 207 g/mol. The normalized spacial score (nSPS) is 24.3. The summed E-state index contributed by atoms with van der Waals surface area (Å²) in [4.78, 5) is 12.8. The molecule has 5 heteroatoms. The molecule has 0 N–H and O–H groups in total. The molecule has 88 valence electrons. The van der Waals surface area contributed by atoms with Crippen molar-refractivity contribution < 1.29 is 18.0 Å². The summed E-state index contributed by atoms with van der Waals surface area (Å²) in [6.45, 7) is 3.88. The van der Waals surface area contributed by atoms with Crippen LogP contribution in [0.3, 0.4) is 0 Å². The number of carbonyl (C=O) groups is 1. The predicted octanol–water partition coefficient (Wildman–Crippen LogP) is 2.44. The Bertz CT molecular complexity index is 239. The van der Waals surface area contributed by atoms with E-state index >= 15 is 0 Å². The summed E-state index contributed by atoms with van der Waals surface area (Å²) in [5.74, 6) is -2.28. The van der Waals surface area contributed by atoms with Crippen LogP contribution in [0.25, 0.3) is 0 Å². The second-order valence-electron chi connectivity index (χ2n) is 4.11. The van der Waals surface area contributed by atoms with Crippen LogP contribution in [0.4, 0.5) is 13.2 Å². The highest BCUT2D eigenvalue weighted by Crippen LogP contribution is 2.29. The zero-order valence-corrected chi connectivity index (χ0v) is 8.97. The van der Waals surface area contributed by atoms with Crippen LogP contribution < -0.4 is 0 Å². The summed E-state index contributed by atoms with van der Waals surface area (Å²) in [5, 5.41) is 0. The Morgan fingerprint density at radius 3 is 2.53 bits per heavy atom. The number of amides is 1. The molecule has 1 aliphatic rings. The van der Waals surface area contributed by atoms with E-state index in [0.29, 0.717) is 19.0 Å². The Labute approximate surface area is 87.4 Å². The van der Waals surface area contributed by atoms with Gasteiger partial charge >= 0.3 is 6.18 Å². The lowest BCUT2D eigenvalue weighted by Gasteiger charge is -2.22. The van der Waals surface area contributed by atoms with E-state index in [4.69, 9.17) is 0 Å². The topological polar surface area (TPSA) is 20.3 Å². The van der Waals surface area contributed by atoms with Crippen molar-refractivity contribution in [2.24, 2.45) is 11.8 Å². The molecule has 1 heterocycles. The average Bonchev–Trinajstić information content (AvgIpc) is 2.62. The van der Waals surface area contributed by atoms with Gasteiger partial charge in [-0.3, -0.25) is 4.79 Å². The minimum absolute atomic E-state index is 0.370. The molecule has 1 aliphatic heterocycles. The van der Waals surface area contributed by atoms with Crippen molar-refractivity contribution in [2.45, 2.75) is 32.9 Å². The van der Waals surface area contributed by atoms with Gasteiger partial charge < -0.3 is 4.90 Å². The van der Waals surface area contributed by atoms with Crippen molar-refractivity contribution in [1.29, 1.82) is 0 Å². The van der Waals surface area contributed by atoms with E-state index in [1.54, 1.807) is 0 Å². The number of rotatable bonds is 2. The SMILES string of the molecule is CC[C@@H]1CCN(C(=O)[C@@H](C)C(F)(F)F)C1. The second kappa shape index (κ2) is 4.41. The second-order valence-corrected chi connectivity index (χ2v) is 4.11. The fourth-order valence-corrected chi connectivity index (χ4v) is 1.78. The van der Waals surface area contributed by atoms with Crippen molar-refractivity contribution in [1.82, 2.24) is 4.90 Å².